The molecule has 0 aliphatic carbocycles. The van der Waals surface area contributed by atoms with Crippen LogP contribution in [0.3, 0.4) is 0 Å². The number of hydrogen-bond donors (Lipinski definition) is 1. The number of imide groups is 1. The average molecular weight is 470 g/mol. The molecule has 35 heavy (non-hydrogen) atoms. The molecule has 8 heteroatoms. The second-order valence-corrected chi connectivity index (χ2v) is 8.33. The van der Waals surface area contributed by atoms with E-state index in [0.717, 1.165) is 16.2 Å². The SMILES string of the molecule is CC(OC(=O)c1cccc(N2C(=O)c3ccccc3C2=O)c1)C(=O)NC1CCOc2ccccc21. The van der Waals surface area contributed by atoms with Crippen LogP contribution < -0.4 is 15.0 Å². The quantitative estimate of drug-likeness (QED) is 0.451. The third-order valence-electron chi connectivity index (χ3n) is 6.06. The van der Waals surface area contributed by atoms with Gasteiger partial charge >= 0.3 is 5.97 Å². The van der Waals surface area contributed by atoms with Crippen molar-refractivity contribution < 1.29 is 28.7 Å². The van der Waals surface area contributed by atoms with Crippen molar-refractivity contribution in [3.05, 3.63) is 95.1 Å². The van der Waals surface area contributed by atoms with E-state index in [9.17, 15) is 19.2 Å². The maximum atomic E-state index is 12.8. The van der Waals surface area contributed by atoms with E-state index in [2.05, 4.69) is 5.32 Å². The minimum absolute atomic E-state index is 0.120. The van der Waals surface area contributed by atoms with Crippen LogP contribution in [-0.2, 0) is 9.53 Å². The van der Waals surface area contributed by atoms with Gasteiger partial charge < -0.3 is 14.8 Å². The van der Waals surface area contributed by atoms with Gasteiger partial charge in [-0.2, -0.15) is 0 Å². The van der Waals surface area contributed by atoms with Gasteiger partial charge in [0.2, 0.25) is 0 Å². The number of nitrogens with zero attached hydrogens (tertiary/aromatic N) is 1. The lowest BCUT2D eigenvalue weighted by molar-refractivity contribution is -0.130. The van der Waals surface area contributed by atoms with Crippen molar-refractivity contribution in [1.82, 2.24) is 5.32 Å². The molecule has 0 saturated carbocycles. The van der Waals surface area contributed by atoms with Crippen molar-refractivity contribution in [2.24, 2.45) is 0 Å². The highest BCUT2D eigenvalue weighted by Gasteiger charge is 2.36. The summed E-state index contributed by atoms with van der Waals surface area (Å²) in [6.07, 6.45) is -0.452. The summed E-state index contributed by atoms with van der Waals surface area (Å²) in [5, 5.41) is 2.92. The number of rotatable bonds is 5. The van der Waals surface area contributed by atoms with E-state index < -0.39 is 29.8 Å². The molecule has 3 aromatic rings. The van der Waals surface area contributed by atoms with Crippen molar-refractivity contribution in [3.8, 4) is 5.75 Å². The maximum Gasteiger partial charge on any atom is 0.338 e. The van der Waals surface area contributed by atoms with Crippen LogP contribution in [0, 0.1) is 0 Å². The highest BCUT2D eigenvalue weighted by molar-refractivity contribution is 6.34. The highest BCUT2D eigenvalue weighted by atomic mass is 16.5. The normalized spacial score (nSPS) is 17.2. The number of nitrogens with one attached hydrogen (secondary N) is 1. The Morgan fingerprint density at radius 1 is 0.971 bits per heavy atom. The highest BCUT2D eigenvalue weighted by Crippen LogP contribution is 2.32. The van der Waals surface area contributed by atoms with E-state index in [1.807, 2.05) is 24.3 Å². The molecule has 2 heterocycles. The van der Waals surface area contributed by atoms with Crippen molar-refractivity contribution in [2.75, 3.05) is 11.5 Å². The predicted octanol–water partition coefficient (Wildman–Crippen LogP) is 3.67. The minimum Gasteiger partial charge on any atom is -0.493 e. The van der Waals surface area contributed by atoms with Gasteiger partial charge in [0.25, 0.3) is 17.7 Å². The van der Waals surface area contributed by atoms with Crippen molar-refractivity contribution in [1.29, 1.82) is 0 Å². The number of benzene rings is 3. The van der Waals surface area contributed by atoms with E-state index in [1.165, 1.54) is 19.1 Å². The van der Waals surface area contributed by atoms with Crippen LogP contribution in [0.4, 0.5) is 5.69 Å². The summed E-state index contributed by atoms with van der Waals surface area (Å²) in [6.45, 7) is 1.97. The summed E-state index contributed by atoms with van der Waals surface area (Å²) in [5.41, 5.74) is 1.87. The minimum atomic E-state index is -1.06. The molecular weight excluding hydrogens is 448 g/mol. The molecule has 0 spiro atoms. The van der Waals surface area contributed by atoms with E-state index in [0.29, 0.717) is 24.2 Å². The molecule has 0 aromatic heterocycles. The van der Waals surface area contributed by atoms with Gasteiger partial charge in [-0.1, -0.05) is 36.4 Å². The second kappa shape index (κ2) is 9.06. The molecule has 5 rings (SSSR count). The van der Waals surface area contributed by atoms with E-state index in [-0.39, 0.29) is 17.3 Å². The number of fused-ring (bicyclic) bond motifs is 2. The fraction of sp³-hybridized carbons (Fsp3) is 0.185. The molecule has 2 aliphatic heterocycles. The number of carbonyl (C=O) groups is 4. The maximum absolute atomic E-state index is 12.8. The van der Waals surface area contributed by atoms with E-state index in [4.69, 9.17) is 9.47 Å². The number of anilines is 1. The number of carbonyl (C=O) groups excluding carboxylic acids is 4. The Kier molecular flexibility index (Phi) is 5.78. The van der Waals surface area contributed by atoms with Gasteiger partial charge in [-0.25, -0.2) is 9.69 Å². The second-order valence-electron chi connectivity index (χ2n) is 8.33. The van der Waals surface area contributed by atoms with Gasteiger partial charge in [0.1, 0.15) is 5.75 Å². The topological polar surface area (TPSA) is 102 Å². The third-order valence-corrected chi connectivity index (χ3v) is 6.06. The first-order valence-corrected chi connectivity index (χ1v) is 11.2. The van der Waals surface area contributed by atoms with Gasteiger partial charge in [-0.15, -0.1) is 0 Å². The lowest BCUT2D eigenvalue weighted by Gasteiger charge is -2.27. The van der Waals surface area contributed by atoms with Gasteiger partial charge in [0.05, 0.1) is 35.0 Å². The molecule has 2 aliphatic rings. The fourth-order valence-corrected chi connectivity index (χ4v) is 4.26. The van der Waals surface area contributed by atoms with Gasteiger partial charge in [-0.05, 0) is 43.3 Å². The number of esters is 1. The van der Waals surface area contributed by atoms with Gasteiger partial charge in [0.15, 0.2) is 6.10 Å². The van der Waals surface area contributed by atoms with Crippen molar-refractivity contribution >= 4 is 29.4 Å². The van der Waals surface area contributed by atoms with Crippen LogP contribution in [0.2, 0.25) is 0 Å². The fourth-order valence-electron chi connectivity index (χ4n) is 4.26. The third kappa shape index (κ3) is 4.14. The Balaban J connectivity index is 1.27. The van der Waals surface area contributed by atoms with Crippen molar-refractivity contribution in [3.63, 3.8) is 0 Å². The number of para-hydroxylation sites is 1. The first-order chi connectivity index (χ1) is 16.9. The molecule has 176 valence electrons. The summed E-state index contributed by atoms with van der Waals surface area (Å²) >= 11 is 0. The van der Waals surface area contributed by atoms with E-state index >= 15 is 0 Å². The van der Waals surface area contributed by atoms with Crippen LogP contribution in [0.15, 0.2) is 72.8 Å². The Morgan fingerprint density at radius 3 is 2.40 bits per heavy atom. The average Bonchev–Trinajstić information content (AvgIpc) is 3.14. The van der Waals surface area contributed by atoms with Gasteiger partial charge in [0, 0.05) is 12.0 Å². The van der Waals surface area contributed by atoms with Gasteiger partial charge in [-0.3, -0.25) is 14.4 Å². The summed E-state index contributed by atoms with van der Waals surface area (Å²) in [7, 11) is 0. The van der Waals surface area contributed by atoms with Crippen LogP contribution in [-0.4, -0.2) is 36.4 Å². The lowest BCUT2D eigenvalue weighted by Crippen LogP contribution is -2.39. The Morgan fingerprint density at radius 2 is 1.66 bits per heavy atom. The predicted molar refractivity (Wildman–Crippen MR) is 126 cm³/mol. The monoisotopic (exact) mass is 470 g/mol. The van der Waals surface area contributed by atoms with Crippen LogP contribution in [0.5, 0.6) is 5.75 Å². The molecule has 0 fully saturated rings. The zero-order chi connectivity index (χ0) is 24.5. The molecule has 2 unspecified atom stereocenters. The molecule has 8 nitrogen and oxygen atoms in total. The summed E-state index contributed by atoms with van der Waals surface area (Å²) in [6, 6.07) is 19.8. The number of amides is 3. The molecule has 2 atom stereocenters. The number of hydrogen-bond acceptors (Lipinski definition) is 6. The molecule has 0 bridgehead atoms. The summed E-state index contributed by atoms with van der Waals surface area (Å²) in [4.78, 5) is 52.1. The van der Waals surface area contributed by atoms with Crippen LogP contribution >= 0.6 is 0 Å². The van der Waals surface area contributed by atoms with Crippen LogP contribution in [0.25, 0.3) is 0 Å². The zero-order valence-corrected chi connectivity index (χ0v) is 18.9. The Hall–Kier alpha value is -4.46. The molecule has 0 saturated heterocycles. The molecule has 0 radical (unpaired) electrons. The number of ether oxygens (including phenoxy) is 2. The van der Waals surface area contributed by atoms with Crippen LogP contribution in [0.1, 0.15) is 56.0 Å². The van der Waals surface area contributed by atoms with Crippen molar-refractivity contribution in [2.45, 2.75) is 25.5 Å². The largest absolute Gasteiger partial charge is 0.493 e. The molecule has 3 amide bonds. The first-order valence-electron chi connectivity index (χ1n) is 11.2. The molecule has 1 N–H and O–H groups in total. The first kappa shape index (κ1) is 22.3. The standard InChI is InChI=1S/C27H22N2O6/c1-16(24(30)28-22-13-14-34-23-12-5-4-11-21(22)23)35-27(33)17-7-6-8-18(15-17)29-25(31)19-9-2-3-10-20(19)26(29)32/h2-12,15-16,22H,13-14H2,1H3,(H,28,30). The summed E-state index contributed by atoms with van der Waals surface area (Å²) in [5.74, 6) is -1.37. The smallest absolute Gasteiger partial charge is 0.338 e. The summed E-state index contributed by atoms with van der Waals surface area (Å²) < 4.78 is 11.0. The molecule has 3 aromatic carbocycles. The van der Waals surface area contributed by atoms with E-state index in [1.54, 1.807) is 36.4 Å². The zero-order valence-electron chi connectivity index (χ0n) is 18.9. The Bertz CT molecular complexity index is 1320. The molecular formula is C27H22N2O6. The lowest BCUT2D eigenvalue weighted by atomic mass is 10.0. The Labute approximate surface area is 201 Å².